The molecule has 0 aromatic carbocycles. The molecule has 1 unspecified atom stereocenters. The van der Waals surface area contributed by atoms with Crippen LogP contribution in [0, 0.1) is 6.92 Å². The van der Waals surface area contributed by atoms with E-state index in [-0.39, 0.29) is 16.8 Å². The minimum absolute atomic E-state index is 0.228. The molecule has 0 radical (unpaired) electrons. The van der Waals surface area contributed by atoms with Gasteiger partial charge in [0, 0.05) is 6.04 Å². The van der Waals surface area contributed by atoms with Crippen LogP contribution >= 0.6 is 11.6 Å². The average Bonchev–Trinajstić information content (AvgIpc) is 2.18. The van der Waals surface area contributed by atoms with Crippen LogP contribution in [0.4, 0.5) is 0 Å². The number of aromatic amines is 1. The topological polar surface area (TPSA) is 84.7 Å². The predicted molar refractivity (Wildman–Crippen MR) is 62.5 cm³/mol. The molecule has 0 fully saturated rings. The largest absolute Gasteiger partial charge is 0.323 e. The van der Waals surface area contributed by atoms with Crippen molar-refractivity contribution in [3.8, 4) is 0 Å². The Morgan fingerprint density at radius 1 is 1.50 bits per heavy atom. The fourth-order valence-electron chi connectivity index (χ4n) is 1.56. The highest BCUT2D eigenvalue weighted by molar-refractivity contribution is 6.30. The molecule has 6 heteroatoms. The molecule has 1 atom stereocenters. The molecular formula is C10H11ClN4O. The summed E-state index contributed by atoms with van der Waals surface area (Å²) in [5.41, 5.74) is 6.60. The van der Waals surface area contributed by atoms with E-state index < -0.39 is 0 Å². The molecule has 16 heavy (non-hydrogen) atoms. The van der Waals surface area contributed by atoms with E-state index in [1.807, 2.05) is 0 Å². The highest BCUT2D eigenvalue weighted by atomic mass is 35.5. The summed E-state index contributed by atoms with van der Waals surface area (Å²) in [4.78, 5) is 22.7. The fraction of sp³-hybridized carbons (Fsp3) is 0.300. The smallest absolute Gasteiger partial charge is 0.258 e. The summed E-state index contributed by atoms with van der Waals surface area (Å²) in [5.74, 6) is 0.531. The number of rotatable bonds is 1. The van der Waals surface area contributed by atoms with Gasteiger partial charge in [0.15, 0.2) is 0 Å². The maximum atomic E-state index is 11.7. The number of hydrogen-bond acceptors (Lipinski definition) is 4. The number of pyridine rings is 1. The lowest BCUT2D eigenvalue weighted by atomic mass is 10.1. The van der Waals surface area contributed by atoms with Crippen LogP contribution in [0.25, 0.3) is 10.9 Å². The Kier molecular flexibility index (Phi) is 2.65. The third-order valence-electron chi connectivity index (χ3n) is 2.24. The monoisotopic (exact) mass is 238 g/mol. The van der Waals surface area contributed by atoms with Crippen molar-refractivity contribution in [1.29, 1.82) is 0 Å². The minimum Gasteiger partial charge on any atom is -0.323 e. The first-order valence-corrected chi connectivity index (χ1v) is 5.19. The van der Waals surface area contributed by atoms with Crippen molar-refractivity contribution in [3.63, 3.8) is 0 Å². The van der Waals surface area contributed by atoms with E-state index in [9.17, 15) is 4.79 Å². The Hall–Kier alpha value is -1.46. The zero-order valence-corrected chi connectivity index (χ0v) is 9.67. The first-order chi connectivity index (χ1) is 7.49. The number of aromatic nitrogens is 3. The van der Waals surface area contributed by atoms with Gasteiger partial charge in [-0.2, -0.15) is 0 Å². The molecule has 0 amide bonds. The van der Waals surface area contributed by atoms with Crippen LogP contribution in [0.3, 0.4) is 0 Å². The van der Waals surface area contributed by atoms with Crippen LogP contribution in [0.1, 0.15) is 24.5 Å². The van der Waals surface area contributed by atoms with Crippen LogP contribution in [0.5, 0.6) is 0 Å². The lowest BCUT2D eigenvalue weighted by Gasteiger charge is -2.08. The molecule has 0 bridgehead atoms. The lowest BCUT2D eigenvalue weighted by Crippen LogP contribution is -2.15. The van der Waals surface area contributed by atoms with Gasteiger partial charge in [-0.05, 0) is 19.9 Å². The molecule has 0 spiro atoms. The molecule has 0 aliphatic rings. The third-order valence-corrected chi connectivity index (χ3v) is 2.43. The molecule has 0 saturated heterocycles. The number of H-pyrrole nitrogens is 1. The third kappa shape index (κ3) is 1.79. The number of nitrogens with zero attached hydrogens (tertiary/aromatic N) is 2. The summed E-state index contributed by atoms with van der Waals surface area (Å²) < 4.78 is 0. The van der Waals surface area contributed by atoms with Gasteiger partial charge >= 0.3 is 0 Å². The Bertz CT molecular complexity index is 606. The van der Waals surface area contributed by atoms with Crippen LogP contribution < -0.4 is 11.3 Å². The van der Waals surface area contributed by atoms with Crippen molar-refractivity contribution in [2.45, 2.75) is 19.9 Å². The van der Waals surface area contributed by atoms with Crippen LogP contribution in [-0.4, -0.2) is 15.0 Å². The van der Waals surface area contributed by atoms with Crippen LogP contribution in [0.15, 0.2) is 10.9 Å². The highest BCUT2D eigenvalue weighted by Gasteiger charge is 2.13. The van der Waals surface area contributed by atoms with Crippen molar-refractivity contribution < 1.29 is 0 Å². The molecule has 2 rings (SSSR count). The van der Waals surface area contributed by atoms with E-state index >= 15 is 0 Å². The molecule has 84 valence electrons. The van der Waals surface area contributed by atoms with Gasteiger partial charge in [0.2, 0.25) is 0 Å². The van der Waals surface area contributed by atoms with Crippen molar-refractivity contribution in [1.82, 2.24) is 15.0 Å². The average molecular weight is 239 g/mol. The molecule has 2 heterocycles. The Morgan fingerprint density at radius 3 is 2.81 bits per heavy atom. The van der Waals surface area contributed by atoms with Gasteiger partial charge < -0.3 is 10.7 Å². The van der Waals surface area contributed by atoms with Crippen molar-refractivity contribution in [3.05, 3.63) is 33.1 Å². The second-order valence-electron chi connectivity index (χ2n) is 3.67. The van der Waals surface area contributed by atoms with E-state index in [1.165, 1.54) is 6.07 Å². The van der Waals surface area contributed by atoms with Gasteiger partial charge in [-0.25, -0.2) is 9.97 Å². The van der Waals surface area contributed by atoms with Gasteiger partial charge in [-0.3, -0.25) is 4.79 Å². The van der Waals surface area contributed by atoms with E-state index in [0.717, 1.165) is 0 Å². The predicted octanol–water partition coefficient (Wildman–Crippen LogP) is 1.30. The van der Waals surface area contributed by atoms with Crippen molar-refractivity contribution in [2.24, 2.45) is 5.73 Å². The maximum absolute atomic E-state index is 11.7. The summed E-state index contributed by atoms with van der Waals surface area (Å²) in [6, 6.07) is 1.17. The molecular weight excluding hydrogens is 228 g/mol. The summed E-state index contributed by atoms with van der Waals surface area (Å²) >= 11 is 5.83. The maximum Gasteiger partial charge on any atom is 0.258 e. The van der Waals surface area contributed by atoms with Gasteiger partial charge in [0.05, 0.1) is 11.1 Å². The second-order valence-corrected chi connectivity index (χ2v) is 4.05. The van der Waals surface area contributed by atoms with Crippen LogP contribution in [0.2, 0.25) is 5.15 Å². The number of halogens is 1. The van der Waals surface area contributed by atoms with Gasteiger partial charge in [-0.15, -0.1) is 0 Å². The van der Waals surface area contributed by atoms with Gasteiger partial charge in [-0.1, -0.05) is 11.6 Å². The zero-order valence-electron chi connectivity index (χ0n) is 8.91. The summed E-state index contributed by atoms with van der Waals surface area (Å²) in [5, 5.41) is 0.661. The number of nitrogens with two attached hydrogens (primary N) is 1. The second kappa shape index (κ2) is 3.84. The molecule has 3 N–H and O–H groups in total. The quantitative estimate of drug-likeness (QED) is 0.734. The standard InChI is InChI=1S/C10H11ClN4O/c1-4(12)8-9-6(3-7(11)15-8)10(16)14-5(2)13-9/h3-4H,12H2,1-2H3,(H,13,14,16). The Balaban J connectivity index is 2.95. The summed E-state index contributed by atoms with van der Waals surface area (Å²) in [7, 11) is 0. The molecule has 2 aromatic rings. The zero-order chi connectivity index (χ0) is 11.9. The molecule has 2 aromatic heterocycles. The number of aryl methyl sites for hydroxylation is 1. The Labute approximate surface area is 96.7 Å². The lowest BCUT2D eigenvalue weighted by molar-refractivity contribution is 0.786. The van der Waals surface area contributed by atoms with E-state index in [4.69, 9.17) is 17.3 Å². The summed E-state index contributed by atoms with van der Waals surface area (Å²) in [6.07, 6.45) is 0. The van der Waals surface area contributed by atoms with E-state index in [0.29, 0.717) is 22.4 Å². The first kappa shape index (κ1) is 11.0. The van der Waals surface area contributed by atoms with E-state index in [2.05, 4.69) is 15.0 Å². The fourth-order valence-corrected chi connectivity index (χ4v) is 1.76. The van der Waals surface area contributed by atoms with Crippen LogP contribution in [-0.2, 0) is 0 Å². The molecule has 0 aliphatic heterocycles. The van der Waals surface area contributed by atoms with Gasteiger partial charge in [0.1, 0.15) is 16.5 Å². The minimum atomic E-state index is -0.324. The molecule has 0 aliphatic carbocycles. The van der Waals surface area contributed by atoms with Gasteiger partial charge in [0.25, 0.3) is 5.56 Å². The van der Waals surface area contributed by atoms with E-state index in [1.54, 1.807) is 13.8 Å². The number of hydrogen-bond donors (Lipinski definition) is 2. The highest BCUT2D eigenvalue weighted by Crippen LogP contribution is 2.20. The van der Waals surface area contributed by atoms with Crippen molar-refractivity contribution in [2.75, 3.05) is 0 Å². The molecule has 0 saturated carbocycles. The summed E-state index contributed by atoms with van der Waals surface area (Å²) in [6.45, 7) is 3.48. The Morgan fingerprint density at radius 2 is 2.19 bits per heavy atom. The number of nitrogens with one attached hydrogen (secondary N) is 1. The number of fused-ring (bicyclic) bond motifs is 1. The molecule has 5 nitrogen and oxygen atoms in total. The first-order valence-electron chi connectivity index (χ1n) is 4.81. The normalized spacial score (nSPS) is 13.0. The SMILES string of the molecule is Cc1nc2c(C(C)N)nc(Cl)cc2c(=O)[nH]1. The van der Waals surface area contributed by atoms with Crippen molar-refractivity contribution >= 4 is 22.5 Å².